The highest BCUT2D eigenvalue weighted by Gasteiger charge is 2.23. The summed E-state index contributed by atoms with van der Waals surface area (Å²) in [7, 11) is 0. The smallest absolute Gasteiger partial charge is 0.243 e. The van der Waals surface area contributed by atoms with Gasteiger partial charge in [0.25, 0.3) is 0 Å². The average molecular weight is 426 g/mol. The van der Waals surface area contributed by atoms with E-state index < -0.39 is 0 Å². The van der Waals surface area contributed by atoms with E-state index in [2.05, 4.69) is 15.5 Å². The molecule has 166 valence electrons. The number of carbonyl (C=O) groups excluding carboxylic acids is 2. The zero-order valence-electron chi connectivity index (χ0n) is 18.4. The lowest BCUT2D eigenvalue weighted by Crippen LogP contribution is -2.45. The Kier molecular flexibility index (Phi) is 8.18. The third-order valence-electron chi connectivity index (χ3n) is 5.93. The van der Waals surface area contributed by atoms with Gasteiger partial charge in [-0.2, -0.15) is 0 Å². The maximum Gasteiger partial charge on any atom is 0.243 e. The summed E-state index contributed by atoms with van der Waals surface area (Å²) in [6, 6.07) is 12.6. The molecule has 1 fully saturated rings. The van der Waals surface area contributed by atoms with Crippen LogP contribution in [-0.2, 0) is 16.1 Å². The summed E-state index contributed by atoms with van der Waals surface area (Å²) in [5, 5.41) is 5.65. The lowest BCUT2D eigenvalue weighted by Gasteiger charge is -2.34. The van der Waals surface area contributed by atoms with Crippen LogP contribution in [0.4, 0.5) is 10.1 Å². The van der Waals surface area contributed by atoms with E-state index in [1.165, 1.54) is 18.6 Å². The molecule has 6 heteroatoms. The topological polar surface area (TPSA) is 61.4 Å². The molecular weight excluding hydrogens is 393 g/mol. The Labute approximate surface area is 184 Å². The Hall–Kier alpha value is -2.73. The van der Waals surface area contributed by atoms with E-state index in [-0.39, 0.29) is 30.7 Å². The molecule has 1 aliphatic rings. The molecule has 2 N–H and O–H groups in total. The third-order valence-corrected chi connectivity index (χ3v) is 5.93. The second kappa shape index (κ2) is 11.0. The number of nitrogens with one attached hydrogen (secondary N) is 2. The highest BCUT2D eigenvalue weighted by Crippen LogP contribution is 2.24. The van der Waals surface area contributed by atoms with Gasteiger partial charge in [0.1, 0.15) is 5.82 Å². The van der Waals surface area contributed by atoms with Crippen molar-refractivity contribution in [2.24, 2.45) is 0 Å². The van der Waals surface area contributed by atoms with Crippen molar-refractivity contribution in [2.45, 2.75) is 58.5 Å². The summed E-state index contributed by atoms with van der Waals surface area (Å²) in [6.07, 6.45) is 5.66. The van der Waals surface area contributed by atoms with Crippen LogP contribution in [0.3, 0.4) is 0 Å². The number of halogens is 1. The Morgan fingerprint density at radius 3 is 2.26 bits per heavy atom. The Morgan fingerprint density at radius 1 is 0.968 bits per heavy atom. The number of benzene rings is 2. The van der Waals surface area contributed by atoms with Crippen molar-refractivity contribution < 1.29 is 14.0 Å². The number of carbonyl (C=O) groups is 2. The minimum Gasteiger partial charge on any atom is -0.346 e. The first kappa shape index (κ1) is 22.9. The molecule has 2 amide bonds. The van der Waals surface area contributed by atoms with Crippen molar-refractivity contribution in [3.05, 3.63) is 65.0 Å². The van der Waals surface area contributed by atoms with Crippen molar-refractivity contribution in [3.63, 3.8) is 0 Å². The first-order valence-electron chi connectivity index (χ1n) is 11.0. The highest BCUT2D eigenvalue weighted by molar-refractivity contribution is 5.95. The molecule has 31 heavy (non-hydrogen) atoms. The summed E-state index contributed by atoms with van der Waals surface area (Å²) >= 11 is 0. The van der Waals surface area contributed by atoms with Crippen molar-refractivity contribution in [1.29, 1.82) is 0 Å². The zero-order valence-corrected chi connectivity index (χ0v) is 18.4. The lowest BCUT2D eigenvalue weighted by atomic mass is 9.93. The van der Waals surface area contributed by atoms with E-state index in [1.807, 2.05) is 32.0 Å². The molecule has 0 aliphatic heterocycles. The Bertz CT molecular complexity index is 872. The van der Waals surface area contributed by atoms with Gasteiger partial charge in [-0.15, -0.1) is 0 Å². The quantitative estimate of drug-likeness (QED) is 0.662. The molecule has 3 rings (SSSR count). The van der Waals surface area contributed by atoms with Crippen LogP contribution in [0, 0.1) is 19.7 Å². The van der Waals surface area contributed by atoms with Gasteiger partial charge in [0.15, 0.2) is 0 Å². The van der Waals surface area contributed by atoms with E-state index in [0.717, 1.165) is 48.1 Å². The summed E-state index contributed by atoms with van der Waals surface area (Å²) in [4.78, 5) is 27.2. The van der Waals surface area contributed by atoms with Gasteiger partial charge in [0.05, 0.1) is 13.1 Å². The van der Waals surface area contributed by atoms with Gasteiger partial charge in [-0.3, -0.25) is 14.5 Å². The minimum absolute atomic E-state index is 0.0678. The van der Waals surface area contributed by atoms with Crippen LogP contribution in [0.2, 0.25) is 0 Å². The summed E-state index contributed by atoms with van der Waals surface area (Å²) in [5.41, 5.74) is 3.75. The van der Waals surface area contributed by atoms with Crippen LogP contribution in [0.15, 0.2) is 42.5 Å². The summed E-state index contributed by atoms with van der Waals surface area (Å²) in [5.74, 6) is -0.682. The molecule has 0 radical (unpaired) electrons. The Morgan fingerprint density at radius 2 is 1.61 bits per heavy atom. The van der Waals surface area contributed by atoms with Crippen LogP contribution < -0.4 is 10.6 Å². The molecule has 2 aromatic rings. The number of amides is 2. The largest absolute Gasteiger partial charge is 0.346 e. The van der Waals surface area contributed by atoms with Crippen molar-refractivity contribution in [2.75, 3.05) is 18.4 Å². The first-order valence-corrected chi connectivity index (χ1v) is 11.0. The number of rotatable bonds is 8. The summed E-state index contributed by atoms with van der Waals surface area (Å²) in [6.45, 7) is 4.63. The predicted molar refractivity (Wildman–Crippen MR) is 121 cm³/mol. The summed E-state index contributed by atoms with van der Waals surface area (Å²) < 4.78 is 13.3. The standard InChI is InChI=1S/C25H32FN3O2/c1-18-7-6-8-19(2)25(18)28-23(30)15-27-24(31)17-29(22-9-4-3-5-10-22)16-20-11-13-21(26)14-12-20/h6-8,11-14,22H,3-5,9-10,15-17H2,1-2H3,(H,27,31)(H,28,30). The maximum atomic E-state index is 13.3. The fourth-order valence-corrected chi connectivity index (χ4v) is 4.20. The van der Waals surface area contributed by atoms with E-state index in [4.69, 9.17) is 0 Å². The van der Waals surface area contributed by atoms with Gasteiger partial charge < -0.3 is 10.6 Å². The molecule has 0 unspecified atom stereocenters. The highest BCUT2D eigenvalue weighted by atomic mass is 19.1. The molecule has 0 aromatic heterocycles. The van der Waals surface area contributed by atoms with Crippen LogP contribution in [0.1, 0.15) is 48.8 Å². The molecule has 1 saturated carbocycles. The number of para-hydroxylation sites is 1. The van der Waals surface area contributed by atoms with Gasteiger partial charge in [0, 0.05) is 18.3 Å². The van der Waals surface area contributed by atoms with Gasteiger partial charge in [-0.1, -0.05) is 49.6 Å². The molecular formula is C25H32FN3O2. The van der Waals surface area contributed by atoms with Crippen molar-refractivity contribution in [3.8, 4) is 0 Å². The normalized spacial score (nSPS) is 14.5. The number of aryl methyl sites for hydroxylation is 2. The molecule has 0 saturated heterocycles. The second-order valence-corrected chi connectivity index (χ2v) is 8.41. The average Bonchev–Trinajstić information content (AvgIpc) is 2.76. The number of hydrogen-bond acceptors (Lipinski definition) is 3. The number of nitrogens with zero attached hydrogens (tertiary/aromatic N) is 1. The van der Waals surface area contributed by atoms with Gasteiger partial charge >= 0.3 is 0 Å². The van der Waals surface area contributed by atoms with Crippen molar-refractivity contribution in [1.82, 2.24) is 10.2 Å². The first-order chi connectivity index (χ1) is 14.9. The van der Waals surface area contributed by atoms with E-state index in [1.54, 1.807) is 12.1 Å². The zero-order chi connectivity index (χ0) is 22.2. The second-order valence-electron chi connectivity index (χ2n) is 8.41. The van der Waals surface area contributed by atoms with E-state index >= 15 is 0 Å². The maximum absolute atomic E-state index is 13.3. The van der Waals surface area contributed by atoms with Gasteiger partial charge in [0.2, 0.25) is 11.8 Å². The van der Waals surface area contributed by atoms with Gasteiger partial charge in [-0.25, -0.2) is 4.39 Å². The van der Waals surface area contributed by atoms with Crippen molar-refractivity contribution >= 4 is 17.5 Å². The van der Waals surface area contributed by atoms with E-state index in [0.29, 0.717) is 12.6 Å². The molecule has 2 aromatic carbocycles. The molecule has 0 heterocycles. The number of hydrogen-bond donors (Lipinski definition) is 2. The molecule has 0 atom stereocenters. The van der Waals surface area contributed by atoms with E-state index in [9.17, 15) is 14.0 Å². The molecule has 0 bridgehead atoms. The predicted octanol–water partition coefficient (Wildman–Crippen LogP) is 4.33. The minimum atomic E-state index is -0.263. The third kappa shape index (κ3) is 6.89. The SMILES string of the molecule is Cc1cccc(C)c1NC(=O)CNC(=O)CN(Cc1ccc(F)cc1)C1CCCCC1. The number of anilines is 1. The molecule has 0 spiro atoms. The van der Waals surface area contributed by atoms with Crippen LogP contribution in [0.25, 0.3) is 0 Å². The Balaban J connectivity index is 1.56. The van der Waals surface area contributed by atoms with Crippen LogP contribution in [-0.4, -0.2) is 35.8 Å². The fourth-order valence-electron chi connectivity index (χ4n) is 4.20. The molecule has 1 aliphatic carbocycles. The van der Waals surface area contributed by atoms with Gasteiger partial charge in [-0.05, 0) is 55.5 Å². The molecule has 5 nitrogen and oxygen atoms in total. The monoisotopic (exact) mass is 425 g/mol. The van der Waals surface area contributed by atoms with Crippen LogP contribution in [0.5, 0.6) is 0 Å². The van der Waals surface area contributed by atoms with Crippen LogP contribution >= 0.6 is 0 Å². The lowest BCUT2D eigenvalue weighted by molar-refractivity contribution is -0.125. The fraction of sp³-hybridized carbons (Fsp3) is 0.440.